The van der Waals surface area contributed by atoms with Crippen molar-refractivity contribution in [1.29, 1.82) is 0 Å². The van der Waals surface area contributed by atoms with Crippen molar-refractivity contribution in [2.45, 2.75) is 109 Å². The molecule has 0 aliphatic carbocycles. The van der Waals surface area contributed by atoms with Gasteiger partial charge in [0, 0.05) is 22.1 Å². The second kappa shape index (κ2) is 22.7. The summed E-state index contributed by atoms with van der Waals surface area (Å²) in [5.41, 5.74) is 0.972. The molecule has 0 bridgehead atoms. The van der Waals surface area contributed by atoms with Crippen LogP contribution in [0.2, 0.25) is 10.0 Å². The van der Waals surface area contributed by atoms with Crippen LogP contribution in [0.5, 0.6) is 0 Å². The molecule has 4 saturated heterocycles. The lowest BCUT2D eigenvalue weighted by atomic mass is 9.96. The van der Waals surface area contributed by atoms with Crippen LogP contribution in [0, 0.1) is 24.7 Å². The average Bonchev–Trinajstić information content (AvgIpc) is 3.89. The smallest absolute Gasteiger partial charge is 0.183 e. The molecule has 0 unspecified atom stereocenters. The number of aryl methyl sites for hydroxylation is 1. The van der Waals surface area contributed by atoms with E-state index in [9.17, 15) is 50.5 Å². The fraction of sp³-hybridized carbons (Fsp3) is 0.609. The third-order valence-corrected chi connectivity index (χ3v) is 26.3. The van der Waals surface area contributed by atoms with Gasteiger partial charge in [0.15, 0.2) is 59.0 Å². The molecule has 0 aromatic heterocycles. The van der Waals surface area contributed by atoms with Gasteiger partial charge in [-0.1, -0.05) is 75.0 Å². The van der Waals surface area contributed by atoms with Gasteiger partial charge >= 0.3 is 0 Å². The van der Waals surface area contributed by atoms with Crippen molar-refractivity contribution in [2.24, 2.45) is 17.8 Å². The molecule has 3 aromatic rings. The molecular formula is C46H66Cl2N2O12S6. The van der Waals surface area contributed by atoms with E-state index < -0.39 is 86.9 Å². The van der Waals surface area contributed by atoms with Crippen LogP contribution in [0.4, 0.5) is 0 Å². The van der Waals surface area contributed by atoms with E-state index in [1.54, 1.807) is 24.3 Å². The zero-order chi connectivity index (χ0) is 50.6. The molecular weight excluding hydrogens is 1040 g/mol. The minimum Gasteiger partial charge on any atom is -0.301 e. The Bertz CT molecular complexity index is 2880. The van der Waals surface area contributed by atoms with Crippen molar-refractivity contribution in [3.8, 4) is 0 Å². The quantitative estimate of drug-likeness (QED) is 0.185. The van der Waals surface area contributed by atoms with Gasteiger partial charge in [-0.3, -0.25) is 4.90 Å². The normalized spacial score (nSPS) is 26.2. The maximum atomic E-state index is 13.0. The lowest BCUT2D eigenvalue weighted by Gasteiger charge is -2.36. The van der Waals surface area contributed by atoms with Gasteiger partial charge in [-0.05, 0) is 138 Å². The van der Waals surface area contributed by atoms with Crippen molar-refractivity contribution >= 4 is 82.2 Å². The maximum Gasteiger partial charge on any atom is 0.183 e. The van der Waals surface area contributed by atoms with Gasteiger partial charge in [0.25, 0.3) is 0 Å². The predicted octanol–water partition coefficient (Wildman–Crippen LogP) is 6.25. The molecule has 3 aromatic carbocycles. The van der Waals surface area contributed by atoms with Crippen LogP contribution in [0.1, 0.15) is 65.4 Å². The Morgan fingerprint density at radius 2 is 1.03 bits per heavy atom. The molecule has 6 atom stereocenters. The first-order valence-electron chi connectivity index (χ1n) is 22.8. The molecule has 7 rings (SSSR count). The van der Waals surface area contributed by atoms with E-state index in [1.165, 1.54) is 48.5 Å². The summed E-state index contributed by atoms with van der Waals surface area (Å²) in [7, 11) is -19.2. The van der Waals surface area contributed by atoms with Crippen LogP contribution in [0.3, 0.4) is 0 Å². The zero-order valence-electron chi connectivity index (χ0n) is 39.4. The highest BCUT2D eigenvalue weighted by molar-refractivity contribution is 7.97. The van der Waals surface area contributed by atoms with Gasteiger partial charge in [0.1, 0.15) is 0 Å². The number of benzene rings is 3. The summed E-state index contributed by atoms with van der Waals surface area (Å²) >= 11 is 11.6. The zero-order valence-corrected chi connectivity index (χ0v) is 45.9. The lowest BCUT2D eigenvalue weighted by Crippen LogP contribution is -2.49. The summed E-state index contributed by atoms with van der Waals surface area (Å²) < 4.78 is 150. The second-order valence-electron chi connectivity index (χ2n) is 19.3. The highest BCUT2D eigenvalue weighted by atomic mass is 35.5. The Balaban J connectivity index is 0.000000191. The molecule has 0 radical (unpaired) electrons. The van der Waals surface area contributed by atoms with Gasteiger partial charge < -0.3 is 4.90 Å². The molecule has 68 heavy (non-hydrogen) atoms. The first-order valence-corrected chi connectivity index (χ1v) is 33.7. The summed E-state index contributed by atoms with van der Waals surface area (Å²) in [6.07, 6.45) is 4.45. The molecule has 4 heterocycles. The highest BCUT2D eigenvalue weighted by Gasteiger charge is 2.50. The first kappa shape index (κ1) is 56.8. The van der Waals surface area contributed by atoms with Gasteiger partial charge in [-0.2, -0.15) is 0 Å². The maximum absolute atomic E-state index is 13.0. The third kappa shape index (κ3) is 14.5. The minimum absolute atomic E-state index is 0.0390. The Hall–Kier alpha value is -2.14. The Labute approximate surface area is 416 Å². The van der Waals surface area contributed by atoms with Gasteiger partial charge in [-0.25, -0.2) is 50.5 Å². The summed E-state index contributed by atoms with van der Waals surface area (Å²) in [6, 6.07) is 17.5. The Morgan fingerprint density at radius 1 is 0.618 bits per heavy atom. The molecule has 4 aliphatic rings. The van der Waals surface area contributed by atoms with E-state index in [0.717, 1.165) is 44.3 Å². The summed E-state index contributed by atoms with van der Waals surface area (Å²) in [4.78, 5) is 4.44. The molecule has 4 aliphatic heterocycles. The minimum atomic E-state index is -3.72. The predicted molar refractivity (Wildman–Crippen MR) is 271 cm³/mol. The van der Waals surface area contributed by atoms with Crippen LogP contribution in [-0.4, -0.2) is 149 Å². The van der Waals surface area contributed by atoms with Gasteiger partial charge in [-0.15, -0.1) is 0 Å². The summed E-state index contributed by atoms with van der Waals surface area (Å²) in [5, 5.41) is -1.75. The van der Waals surface area contributed by atoms with E-state index in [1.807, 2.05) is 32.7 Å². The SMILES string of the molecule is CC(C)C[C@H]1CS(=O)(=O)C[C@@H]1S(=O)(=O)c1ccc(Cl)cc1.CC1CCN([C@H]2CS(=O)(=O)C[C@@H]2S(=O)(=O)c2ccc(Cl)cc2)CC1.CCCCN(C)[C@H]1CS(=O)(=O)C[C@@H]1S(=O)(=O)c1ccc(C)cc1. The number of hydrogen-bond donors (Lipinski definition) is 0. The van der Waals surface area contributed by atoms with Crippen molar-refractivity contribution in [1.82, 2.24) is 9.80 Å². The summed E-state index contributed by atoms with van der Waals surface area (Å²) in [6.45, 7) is 12.3. The number of hydrogen-bond acceptors (Lipinski definition) is 14. The fourth-order valence-corrected chi connectivity index (χ4v) is 24.4. The number of likely N-dealkylation sites (tertiary alicyclic amines) is 1. The largest absolute Gasteiger partial charge is 0.301 e. The highest BCUT2D eigenvalue weighted by Crippen LogP contribution is 2.35. The van der Waals surface area contributed by atoms with Gasteiger partial charge in [0.05, 0.1) is 65.0 Å². The molecule has 22 heteroatoms. The number of rotatable bonds is 13. The van der Waals surface area contributed by atoms with Crippen LogP contribution in [0.15, 0.2) is 87.5 Å². The molecule has 0 saturated carbocycles. The number of sulfone groups is 6. The molecule has 0 amide bonds. The molecule has 382 valence electrons. The topological polar surface area (TPSA) is 211 Å². The number of unbranched alkanes of at least 4 members (excludes halogenated alkanes) is 1. The summed E-state index contributed by atoms with van der Waals surface area (Å²) in [5.74, 6) is -0.536. The number of piperidine rings is 1. The van der Waals surface area contributed by atoms with E-state index in [4.69, 9.17) is 23.2 Å². The second-order valence-corrected chi connectivity index (χ2v) is 33.1. The van der Waals surface area contributed by atoms with E-state index in [-0.39, 0.29) is 61.0 Å². The van der Waals surface area contributed by atoms with E-state index in [0.29, 0.717) is 28.9 Å². The standard InChI is InChI=1S/C16H22ClNO4S2.C16H25NO4S2.C14H19ClO4S2/c1-12-6-8-18(9-7-12)15-10-23(19,20)11-16(15)24(21,22)14-4-2-13(17)3-5-14;1-4-5-10-17(3)15-11-22(18,19)12-16(15)23(20,21)14-8-6-13(2)7-9-14;1-10(2)7-11-8-20(16,17)9-14(11)21(18,19)13-5-3-12(15)4-6-13/h2-5,12,15-16H,6-11H2,1H3;6-9,15-16H,4-5,10-12H2,1-3H3;3-6,10-11,14H,7-9H2,1-2H3/t2*15-,16-;11-,14-/m000/s1. The fourth-order valence-electron chi connectivity index (χ4n) is 9.43. The van der Waals surface area contributed by atoms with Crippen LogP contribution < -0.4 is 0 Å². The Kier molecular flexibility index (Phi) is 19.0. The molecule has 4 fully saturated rings. The average molecular weight is 1100 g/mol. The van der Waals surface area contributed by atoms with Gasteiger partial charge in [0.2, 0.25) is 0 Å². The van der Waals surface area contributed by atoms with Crippen molar-refractivity contribution < 1.29 is 50.5 Å². The molecule has 0 N–H and O–H groups in total. The van der Waals surface area contributed by atoms with Crippen LogP contribution in [-0.2, 0) is 59.0 Å². The van der Waals surface area contributed by atoms with E-state index in [2.05, 4.69) is 18.7 Å². The lowest BCUT2D eigenvalue weighted by molar-refractivity contribution is 0.151. The molecule has 14 nitrogen and oxygen atoms in total. The number of nitrogens with zero attached hydrogens (tertiary/aromatic N) is 2. The Morgan fingerprint density at radius 3 is 1.51 bits per heavy atom. The van der Waals surface area contributed by atoms with Crippen LogP contribution in [0.25, 0.3) is 0 Å². The van der Waals surface area contributed by atoms with Crippen molar-refractivity contribution in [2.75, 3.05) is 61.2 Å². The van der Waals surface area contributed by atoms with Crippen molar-refractivity contribution in [3.05, 3.63) is 88.4 Å². The monoisotopic (exact) mass is 1100 g/mol. The third-order valence-electron chi connectivity index (χ3n) is 13.3. The first-order chi connectivity index (χ1) is 31.5. The van der Waals surface area contributed by atoms with Crippen molar-refractivity contribution in [3.63, 3.8) is 0 Å². The van der Waals surface area contributed by atoms with Crippen LogP contribution >= 0.6 is 23.2 Å². The molecule has 0 spiro atoms. The van der Waals surface area contributed by atoms with E-state index >= 15 is 0 Å². The number of halogens is 2.